The highest BCUT2D eigenvalue weighted by atomic mass is 32.2. The monoisotopic (exact) mass is 307 g/mol. The lowest BCUT2D eigenvalue weighted by atomic mass is 9.95. The van der Waals surface area contributed by atoms with E-state index >= 15 is 0 Å². The fraction of sp³-hybridized carbons (Fsp3) is 0.462. The molecule has 1 saturated heterocycles. The van der Waals surface area contributed by atoms with Crippen LogP contribution in [-0.2, 0) is 9.84 Å². The molecule has 1 fully saturated rings. The summed E-state index contributed by atoms with van der Waals surface area (Å²) in [5.41, 5.74) is 0.705. The maximum absolute atomic E-state index is 11.8. The predicted molar refractivity (Wildman–Crippen MR) is 77.9 cm³/mol. The average molecular weight is 307 g/mol. The van der Waals surface area contributed by atoms with Crippen molar-refractivity contribution in [3.63, 3.8) is 0 Å². The zero-order valence-electron chi connectivity index (χ0n) is 11.7. The van der Waals surface area contributed by atoms with Gasteiger partial charge in [0.15, 0.2) is 9.84 Å². The Labute approximate surface area is 123 Å². The van der Waals surface area contributed by atoms with Gasteiger partial charge in [0.25, 0.3) is 0 Å². The van der Waals surface area contributed by atoms with E-state index in [-0.39, 0.29) is 5.92 Å². The summed E-state index contributed by atoms with van der Waals surface area (Å²) in [6.07, 6.45) is 7.77. The molecule has 0 bridgehead atoms. The molecule has 1 unspecified atom stereocenters. The molecule has 2 aromatic rings. The second kappa shape index (κ2) is 5.44. The molecule has 0 amide bonds. The Morgan fingerprint density at radius 1 is 1.43 bits per heavy atom. The van der Waals surface area contributed by atoms with Crippen molar-refractivity contribution in [3.05, 3.63) is 30.5 Å². The lowest BCUT2D eigenvalue weighted by molar-refractivity contribution is 0.491. The minimum absolute atomic E-state index is 0.112. The summed E-state index contributed by atoms with van der Waals surface area (Å²) in [5, 5.41) is 6.78. The lowest BCUT2D eigenvalue weighted by Crippen LogP contribution is -2.35. The van der Waals surface area contributed by atoms with Crippen molar-refractivity contribution >= 4 is 15.7 Å². The fourth-order valence-electron chi connectivity index (χ4n) is 2.76. The molecule has 21 heavy (non-hydrogen) atoms. The van der Waals surface area contributed by atoms with E-state index in [0.717, 1.165) is 31.7 Å². The minimum atomic E-state index is -3.26. The highest BCUT2D eigenvalue weighted by Crippen LogP contribution is 2.31. The largest absolute Gasteiger partial charge is 0.356 e. The van der Waals surface area contributed by atoms with Gasteiger partial charge in [-0.1, -0.05) is 0 Å². The van der Waals surface area contributed by atoms with Crippen molar-refractivity contribution in [3.8, 4) is 0 Å². The third-order valence-corrected chi connectivity index (χ3v) is 4.88. The van der Waals surface area contributed by atoms with E-state index in [9.17, 15) is 8.42 Å². The molecular formula is C13H17N5O2S. The van der Waals surface area contributed by atoms with Gasteiger partial charge in [0.05, 0.1) is 11.9 Å². The molecule has 1 aliphatic rings. The van der Waals surface area contributed by atoms with Gasteiger partial charge in [0, 0.05) is 31.5 Å². The number of nitrogens with zero attached hydrogens (tertiary/aromatic N) is 4. The molecular weight excluding hydrogens is 290 g/mol. The molecule has 7 nitrogen and oxygen atoms in total. The van der Waals surface area contributed by atoms with Gasteiger partial charge in [0.2, 0.25) is 0 Å². The normalized spacial score (nSPS) is 19.7. The Bertz CT molecular complexity index is 713. The summed E-state index contributed by atoms with van der Waals surface area (Å²) in [6, 6.07) is 1.87. The van der Waals surface area contributed by atoms with Crippen LogP contribution >= 0.6 is 0 Å². The molecule has 0 saturated carbocycles. The van der Waals surface area contributed by atoms with Crippen LogP contribution in [0, 0.1) is 0 Å². The summed E-state index contributed by atoms with van der Waals surface area (Å²) in [6.45, 7) is 1.64. The van der Waals surface area contributed by atoms with Crippen LogP contribution in [0.15, 0.2) is 29.7 Å². The Kier molecular flexibility index (Phi) is 3.62. The fourth-order valence-corrected chi connectivity index (χ4v) is 3.62. The minimum Gasteiger partial charge on any atom is -0.356 e. The first-order valence-electron chi connectivity index (χ1n) is 6.80. The highest BCUT2D eigenvalue weighted by molar-refractivity contribution is 7.90. The van der Waals surface area contributed by atoms with Gasteiger partial charge >= 0.3 is 0 Å². The van der Waals surface area contributed by atoms with E-state index in [4.69, 9.17) is 0 Å². The zero-order chi connectivity index (χ0) is 14.9. The van der Waals surface area contributed by atoms with Gasteiger partial charge in [-0.25, -0.2) is 18.4 Å². The molecule has 3 heterocycles. The summed E-state index contributed by atoms with van der Waals surface area (Å²) in [7, 11) is -3.26. The number of anilines is 1. The molecule has 1 atom stereocenters. The topological polar surface area (TPSA) is 91.8 Å². The summed E-state index contributed by atoms with van der Waals surface area (Å²) < 4.78 is 23.6. The third-order valence-electron chi connectivity index (χ3n) is 3.75. The second-order valence-electron chi connectivity index (χ2n) is 5.27. The van der Waals surface area contributed by atoms with E-state index < -0.39 is 9.84 Å². The van der Waals surface area contributed by atoms with Gasteiger partial charge in [-0.3, -0.25) is 5.10 Å². The zero-order valence-corrected chi connectivity index (χ0v) is 12.5. The summed E-state index contributed by atoms with van der Waals surface area (Å²) in [5.74, 6) is 0.982. The van der Waals surface area contributed by atoms with Gasteiger partial charge in [-0.15, -0.1) is 0 Å². The van der Waals surface area contributed by atoms with Crippen LogP contribution in [0.3, 0.4) is 0 Å². The van der Waals surface area contributed by atoms with Crippen LogP contribution in [0.4, 0.5) is 5.82 Å². The average Bonchev–Trinajstić information content (AvgIpc) is 2.98. The van der Waals surface area contributed by atoms with Crippen LogP contribution in [0.5, 0.6) is 0 Å². The van der Waals surface area contributed by atoms with Crippen LogP contribution in [0.25, 0.3) is 0 Å². The number of hydrogen-bond donors (Lipinski definition) is 1. The first kappa shape index (κ1) is 14.0. The number of sulfone groups is 1. The molecule has 0 aliphatic carbocycles. The molecule has 0 spiro atoms. The SMILES string of the molecule is CS(=O)(=O)c1cn[nH]c1C1CCCN(c2ccncn2)C1. The number of H-pyrrole nitrogens is 1. The van der Waals surface area contributed by atoms with Gasteiger partial charge in [0.1, 0.15) is 17.0 Å². The van der Waals surface area contributed by atoms with Gasteiger partial charge in [-0.05, 0) is 18.9 Å². The van der Waals surface area contributed by atoms with Gasteiger partial charge in [-0.2, -0.15) is 5.10 Å². The lowest BCUT2D eigenvalue weighted by Gasteiger charge is -2.33. The predicted octanol–water partition coefficient (Wildman–Crippen LogP) is 0.987. The van der Waals surface area contributed by atoms with E-state index in [0.29, 0.717) is 10.6 Å². The van der Waals surface area contributed by atoms with Crippen LogP contribution in [-0.4, -0.2) is 47.9 Å². The molecule has 1 aliphatic heterocycles. The first-order valence-corrected chi connectivity index (χ1v) is 8.69. The maximum Gasteiger partial charge on any atom is 0.178 e. The van der Waals surface area contributed by atoms with Crippen molar-refractivity contribution in [1.29, 1.82) is 0 Å². The molecule has 0 aromatic carbocycles. The Morgan fingerprint density at radius 2 is 2.29 bits per heavy atom. The molecule has 112 valence electrons. The van der Waals surface area contributed by atoms with Crippen molar-refractivity contribution in [2.45, 2.75) is 23.7 Å². The summed E-state index contributed by atoms with van der Waals surface area (Å²) in [4.78, 5) is 10.6. The maximum atomic E-state index is 11.8. The van der Waals surface area contributed by atoms with Crippen LogP contribution in [0.1, 0.15) is 24.5 Å². The Balaban J connectivity index is 1.86. The Morgan fingerprint density at radius 3 is 3.00 bits per heavy atom. The Hall–Kier alpha value is -1.96. The second-order valence-corrected chi connectivity index (χ2v) is 7.26. The number of piperidine rings is 1. The number of hydrogen-bond acceptors (Lipinski definition) is 6. The van der Waals surface area contributed by atoms with Crippen molar-refractivity contribution in [2.75, 3.05) is 24.2 Å². The molecule has 2 aromatic heterocycles. The van der Waals surface area contributed by atoms with E-state index in [1.807, 2.05) is 6.07 Å². The van der Waals surface area contributed by atoms with Crippen molar-refractivity contribution in [1.82, 2.24) is 20.2 Å². The smallest absolute Gasteiger partial charge is 0.178 e. The summed E-state index contributed by atoms with van der Waals surface area (Å²) >= 11 is 0. The van der Waals surface area contributed by atoms with E-state index in [1.165, 1.54) is 18.8 Å². The number of rotatable bonds is 3. The van der Waals surface area contributed by atoms with E-state index in [1.54, 1.807) is 6.20 Å². The van der Waals surface area contributed by atoms with E-state index in [2.05, 4.69) is 25.1 Å². The molecule has 0 radical (unpaired) electrons. The quantitative estimate of drug-likeness (QED) is 0.909. The number of aromatic amines is 1. The highest BCUT2D eigenvalue weighted by Gasteiger charge is 2.28. The van der Waals surface area contributed by atoms with Crippen molar-refractivity contribution < 1.29 is 8.42 Å². The molecule has 8 heteroatoms. The third kappa shape index (κ3) is 2.90. The van der Waals surface area contributed by atoms with Crippen molar-refractivity contribution in [2.24, 2.45) is 0 Å². The molecule has 3 rings (SSSR count). The van der Waals surface area contributed by atoms with Crippen LogP contribution in [0.2, 0.25) is 0 Å². The van der Waals surface area contributed by atoms with Gasteiger partial charge < -0.3 is 4.90 Å². The van der Waals surface area contributed by atoms with Crippen LogP contribution < -0.4 is 4.90 Å². The molecule has 1 N–H and O–H groups in total. The first-order chi connectivity index (χ1) is 10.1. The number of nitrogens with one attached hydrogen (secondary N) is 1. The number of aromatic nitrogens is 4. The standard InChI is InChI=1S/C13H17N5O2S/c1-21(19,20)11-7-16-17-13(11)10-3-2-6-18(8-10)12-4-5-14-9-15-12/h4-5,7,9-10H,2-3,6,8H2,1H3,(H,16,17).